The van der Waals surface area contributed by atoms with Crippen LogP contribution in [-0.2, 0) is 6.42 Å². The lowest BCUT2D eigenvalue weighted by atomic mass is 10.3. The minimum atomic E-state index is 0. The third-order valence-corrected chi connectivity index (χ3v) is 4.34. The molecule has 1 heterocycles. The number of fused-ring (bicyclic) bond motifs is 1. The number of hydrogen-bond acceptors (Lipinski definition) is 3. The van der Waals surface area contributed by atoms with E-state index in [0.717, 1.165) is 38.0 Å². The maximum atomic E-state index is 5.94. The molecular weight excluding hydrogens is 395 g/mol. The van der Waals surface area contributed by atoms with Crippen LogP contribution in [0.5, 0.6) is 0 Å². The van der Waals surface area contributed by atoms with E-state index in [2.05, 4.69) is 46.9 Å². The highest BCUT2D eigenvalue weighted by Gasteiger charge is 2.04. The topological polar surface area (TPSA) is 54.5 Å². The van der Waals surface area contributed by atoms with Crippen LogP contribution in [0.2, 0.25) is 0 Å². The Labute approximate surface area is 147 Å². The standard InChI is InChI=1S/C15H22N4S.HI/c1-3-19(4-2)15(16)17-11-7-10-14-18-12-8-5-6-9-13(12)20-14;/h5-6,8-9H,3-4,7,10-11H2,1-2H3,(H2,16,17);1H. The Kier molecular flexibility index (Phi) is 7.95. The highest BCUT2D eigenvalue weighted by atomic mass is 127. The second-order valence-electron chi connectivity index (χ2n) is 4.59. The van der Waals surface area contributed by atoms with Crippen LogP contribution in [0.4, 0.5) is 0 Å². The number of aryl methyl sites for hydroxylation is 1. The SMILES string of the molecule is CCN(CC)C(N)=NCCCc1nc2ccccc2s1.I. The van der Waals surface area contributed by atoms with Gasteiger partial charge in [-0.05, 0) is 32.4 Å². The van der Waals surface area contributed by atoms with E-state index in [0.29, 0.717) is 5.96 Å². The predicted molar refractivity (Wildman–Crippen MR) is 103 cm³/mol. The average molecular weight is 418 g/mol. The molecule has 6 heteroatoms. The summed E-state index contributed by atoms with van der Waals surface area (Å²) in [7, 11) is 0. The van der Waals surface area contributed by atoms with Crippen LogP contribution in [0.1, 0.15) is 25.3 Å². The number of rotatable bonds is 6. The summed E-state index contributed by atoms with van der Waals surface area (Å²) < 4.78 is 1.26. The normalized spacial score (nSPS) is 11.4. The van der Waals surface area contributed by atoms with Gasteiger partial charge in [0.15, 0.2) is 5.96 Å². The first-order valence-corrected chi connectivity index (χ1v) is 7.95. The summed E-state index contributed by atoms with van der Waals surface area (Å²) in [5, 5.41) is 1.18. The molecule has 1 aromatic heterocycles. The van der Waals surface area contributed by atoms with Crippen molar-refractivity contribution in [3.8, 4) is 0 Å². The molecule has 0 atom stereocenters. The van der Waals surface area contributed by atoms with Gasteiger partial charge < -0.3 is 10.6 Å². The van der Waals surface area contributed by atoms with Crippen molar-refractivity contribution >= 4 is 51.5 Å². The molecule has 116 valence electrons. The summed E-state index contributed by atoms with van der Waals surface area (Å²) in [5.41, 5.74) is 7.04. The molecule has 0 saturated heterocycles. The fourth-order valence-corrected chi connectivity index (χ4v) is 3.11. The van der Waals surface area contributed by atoms with E-state index < -0.39 is 0 Å². The summed E-state index contributed by atoms with van der Waals surface area (Å²) in [6, 6.07) is 8.26. The first-order chi connectivity index (χ1) is 9.74. The summed E-state index contributed by atoms with van der Waals surface area (Å²) in [6.45, 7) is 6.76. The van der Waals surface area contributed by atoms with Gasteiger partial charge in [-0.25, -0.2) is 4.98 Å². The zero-order chi connectivity index (χ0) is 14.4. The number of guanidine groups is 1. The molecule has 0 radical (unpaired) electrons. The lowest BCUT2D eigenvalue weighted by molar-refractivity contribution is 0.458. The number of aliphatic imine (C=N–C) groups is 1. The molecule has 2 aromatic rings. The first-order valence-electron chi connectivity index (χ1n) is 7.14. The van der Waals surface area contributed by atoms with Gasteiger partial charge >= 0.3 is 0 Å². The zero-order valence-electron chi connectivity index (χ0n) is 12.6. The minimum absolute atomic E-state index is 0. The molecule has 0 saturated carbocycles. The monoisotopic (exact) mass is 418 g/mol. The molecular formula is C15H23IN4S. The molecule has 0 bridgehead atoms. The van der Waals surface area contributed by atoms with Gasteiger partial charge in [0, 0.05) is 26.1 Å². The van der Waals surface area contributed by atoms with Gasteiger partial charge in [0.25, 0.3) is 0 Å². The van der Waals surface area contributed by atoms with Gasteiger partial charge in [-0.1, -0.05) is 12.1 Å². The molecule has 0 aliphatic heterocycles. The summed E-state index contributed by atoms with van der Waals surface area (Å²) >= 11 is 1.77. The molecule has 0 unspecified atom stereocenters. The third kappa shape index (κ3) is 5.10. The highest BCUT2D eigenvalue weighted by molar-refractivity contribution is 14.0. The van der Waals surface area contributed by atoms with Crippen molar-refractivity contribution in [3.05, 3.63) is 29.3 Å². The number of para-hydroxylation sites is 1. The average Bonchev–Trinajstić information content (AvgIpc) is 2.87. The molecule has 21 heavy (non-hydrogen) atoms. The maximum Gasteiger partial charge on any atom is 0.191 e. The fraction of sp³-hybridized carbons (Fsp3) is 0.467. The van der Waals surface area contributed by atoms with Crippen molar-refractivity contribution in [2.75, 3.05) is 19.6 Å². The van der Waals surface area contributed by atoms with Crippen molar-refractivity contribution in [1.29, 1.82) is 0 Å². The summed E-state index contributed by atoms with van der Waals surface area (Å²) in [5.74, 6) is 0.652. The lowest BCUT2D eigenvalue weighted by Gasteiger charge is -2.19. The Hall–Kier alpha value is -0.890. The summed E-state index contributed by atoms with van der Waals surface area (Å²) in [4.78, 5) is 11.1. The molecule has 0 spiro atoms. The van der Waals surface area contributed by atoms with Gasteiger partial charge in [0.1, 0.15) is 0 Å². The first kappa shape index (κ1) is 18.2. The fourth-order valence-electron chi connectivity index (χ4n) is 2.10. The number of halogens is 1. The lowest BCUT2D eigenvalue weighted by Crippen LogP contribution is -2.37. The van der Waals surface area contributed by atoms with E-state index in [1.54, 1.807) is 11.3 Å². The van der Waals surface area contributed by atoms with Crippen LogP contribution in [0.3, 0.4) is 0 Å². The molecule has 0 aliphatic carbocycles. The van der Waals surface area contributed by atoms with Gasteiger partial charge in [-0.3, -0.25) is 4.99 Å². The number of thiazole rings is 1. The number of benzene rings is 1. The van der Waals surface area contributed by atoms with E-state index in [1.165, 1.54) is 9.71 Å². The second kappa shape index (κ2) is 9.19. The van der Waals surface area contributed by atoms with Crippen molar-refractivity contribution in [2.45, 2.75) is 26.7 Å². The minimum Gasteiger partial charge on any atom is -0.370 e. The molecule has 0 amide bonds. The van der Waals surface area contributed by atoms with Crippen LogP contribution >= 0.6 is 35.3 Å². The molecule has 2 N–H and O–H groups in total. The van der Waals surface area contributed by atoms with E-state index in [4.69, 9.17) is 5.73 Å². The zero-order valence-corrected chi connectivity index (χ0v) is 15.7. The van der Waals surface area contributed by atoms with Crippen molar-refractivity contribution < 1.29 is 0 Å². The Morgan fingerprint density at radius 2 is 2.00 bits per heavy atom. The Balaban J connectivity index is 0.00000220. The van der Waals surface area contributed by atoms with Crippen LogP contribution in [0.15, 0.2) is 29.3 Å². The van der Waals surface area contributed by atoms with Crippen LogP contribution in [0, 0.1) is 0 Å². The Morgan fingerprint density at radius 3 is 2.67 bits per heavy atom. The smallest absolute Gasteiger partial charge is 0.191 e. The van der Waals surface area contributed by atoms with E-state index in [-0.39, 0.29) is 24.0 Å². The van der Waals surface area contributed by atoms with E-state index >= 15 is 0 Å². The van der Waals surface area contributed by atoms with Crippen molar-refractivity contribution in [1.82, 2.24) is 9.88 Å². The van der Waals surface area contributed by atoms with E-state index in [9.17, 15) is 0 Å². The maximum absolute atomic E-state index is 5.94. The third-order valence-electron chi connectivity index (χ3n) is 3.25. The van der Waals surface area contributed by atoms with Crippen molar-refractivity contribution in [3.63, 3.8) is 0 Å². The van der Waals surface area contributed by atoms with Gasteiger partial charge in [0.05, 0.1) is 15.2 Å². The molecule has 2 rings (SSSR count). The number of nitrogens with two attached hydrogens (primary N) is 1. The van der Waals surface area contributed by atoms with Crippen LogP contribution in [0.25, 0.3) is 10.2 Å². The van der Waals surface area contributed by atoms with Gasteiger partial charge in [-0.15, -0.1) is 35.3 Å². The number of aromatic nitrogens is 1. The molecule has 0 aliphatic rings. The number of nitrogens with zero attached hydrogens (tertiary/aromatic N) is 3. The number of hydrogen-bond donors (Lipinski definition) is 1. The Bertz CT molecular complexity index is 545. The van der Waals surface area contributed by atoms with Gasteiger partial charge in [-0.2, -0.15) is 0 Å². The second-order valence-corrected chi connectivity index (χ2v) is 5.71. The van der Waals surface area contributed by atoms with Crippen molar-refractivity contribution in [2.24, 2.45) is 10.7 Å². The quantitative estimate of drug-likeness (QED) is 0.338. The molecule has 4 nitrogen and oxygen atoms in total. The Morgan fingerprint density at radius 1 is 1.29 bits per heavy atom. The highest BCUT2D eigenvalue weighted by Crippen LogP contribution is 2.22. The predicted octanol–water partition coefficient (Wildman–Crippen LogP) is 3.50. The van der Waals surface area contributed by atoms with Crippen LogP contribution < -0.4 is 5.73 Å². The molecule has 0 fully saturated rings. The van der Waals surface area contributed by atoms with E-state index in [1.807, 2.05) is 6.07 Å². The summed E-state index contributed by atoms with van der Waals surface area (Å²) in [6.07, 6.45) is 1.95. The van der Waals surface area contributed by atoms with Gasteiger partial charge in [0.2, 0.25) is 0 Å². The molecule has 1 aromatic carbocycles. The van der Waals surface area contributed by atoms with Crippen LogP contribution in [-0.4, -0.2) is 35.5 Å². The largest absolute Gasteiger partial charge is 0.370 e.